The smallest absolute Gasteiger partial charge is 0.341 e. The van der Waals surface area contributed by atoms with Crippen molar-refractivity contribution in [3.05, 3.63) is 41.0 Å². The second-order valence-electron chi connectivity index (χ2n) is 4.07. The highest BCUT2D eigenvalue weighted by Crippen LogP contribution is 2.15. The summed E-state index contributed by atoms with van der Waals surface area (Å²) in [6.07, 6.45) is 0.346. The van der Waals surface area contributed by atoms with Crippen LogP contribution in [0.15, 0.2) is 29.8 Å². The lowest BCUT2D eigenvalue weighted by Crippen LogP contribution is -2.29. The van der Waals surface area contributed by atoms with Crippen molar-refractivity contribution in [3.8, 4) is 0 Å². The normalized spacial score (nSPS) is 11.6. The van der Waals surface area contributed by atoms with E-state index in [1.807, 2.05) is 25.1 Å². The van der Waals surface area contributed by atoms with Gasteiger partial charge in [-0.1, -0.05) is 24.3 Å². The van der Waals surface area contributed by atoms with Crippen molar-refractivity contribution in [3.63, 3.8) is 0 Å². The first-order chi connectivity index (χ1) is 9.54. The van der Waals surface area contributed by atoms with E-state index in [2.05, 4.69) is 4.74 Å². The molecule has 1 rings (SSSR count). The largest absolute Gasteiger partial charge is 0.465 e. The first-order valence-electron chi connectivity index (χ1n) is 6.00. The second-order valence-corrected chi connectivity index (χ2v) is 4.07. The number of aryl methyl sites for hydroxylation is 1. The van der Waals surface area contributed by atoms with Gasteiger partial charge >= 0.3 is 5.97 Å². The van der Waals surface area contributed by atoms with E-state index in [0.29, 0.717) is 0 Å². The van der Waals surface area contributed by atoms with Crippen molar-refractivity contribution < 1.29 is 23.8 Å². The van der Waals surface area contributed by atoms with E-state index >= 15 is 0 Å². The molecule has 0 radical (unpaired) electrons. The lowest BCUT2D eigenvalue weighted by atomic mass is 10.0. The molecule has 20 heavy (non-hydrogen) atoms. The number of ether oxygens (including phenoxy) is 3. The number of esters is 1. The minimum Gasteiger partial charge on any atom is -0.465 e. The van der Waals surface area contributed by atoms with Gasteiger partial charge in [0.15, 0.2) is 0 Å². The highest BCUT2D eigenvalue weighted by Gasteiger charge is 2.27. The van der Waals surface area contributed by atoms with Gasteiger partial charge in [-0.2, -0.15) is 0 Å². The first-order valence-corrected chi connectivity index (χ1v) is 6.00. The molecule has 1 aromatic rings. The van der Waals surface area contributed by atoms with Gasteiger partial charge in [0.1, 0.15) is 5.57 Å². The molecule has 0 amide bonds. The van der Waals surface area contributed by atoms with Crippen LogP contribution in [0.1, 0.15) is 11.1 Å². The van der Waals surface area contributed by atoms with Gasteiger partial charge in [0.25, 0.3) is 0 Å². The van der Waals surface area contributed by atoms with E-state index in [9.17, 15) is 9.59 Å². The first kappa shape index (κ1) is 16.1. The van der Waals surface area contributed by atoms with Crippen LogP contribution in [0.2, 0.25) is 0 Å². The molecule has 0 spiro atoms. The lowest BCUT2D eigenvalue weighted by Gasteiger charge is -2.13. The molecular weight excluding hydrogens is 260 g/mol. The molecule has 0 saturated carbocycles. The number of carbonyl (C=O) groups excluding carboxylic acids is 2. The number of hydrogen-bond acceptors (Lipinski definition) is 5. The molecule has 0 aliphatic heterocycles. The minimum atomic E-state index is -1.13. The van der Waals surface area contributed by atoms with E-state index in [0.717, 1.165) is 11.1 Å². The fourth-order valence-corrected chi connectivity index (χ4v) is 1.68. The van der Waals surface area contributed by atoms with Crippen LogP contribution in [0.5, 0.6) is 0 Å². The van der Waals surface area contributed by atoms with Crippen LogP contribution in [0.4, 0.5) is 0 Å². The highest BCUT2D eigenvalue weighted by atomic mass is 16.7. The van der Waals surface area contributed by atoms with Gasteiger partial charge in [0.2, 0.25) is 12.1 Å². The number of methoxy groups -OCH3 is 3. The molecule has 108 valence electrons. The Balaban J connectivity index is 3.23. The summed E-state index contributed by atoms with van der Waals surface area (Å²) < 4.78 is 14.4. The topological polar surface area (TPSA) is 61.8 Å². The Kier molecular flexibility index (Phi) is 6.09. The molecule has 1 aromatic carbocycles. The van der Waals surface area contributed by atoms with Gasteiger partial charge in [0.05, 0.1) is 7.11 Å². The van der Waals surface area contributed by atoms with Gasteiger partial charge in [0, 0.05) is 14.2 Å². The van der Waals surface area contributed by atoms with Crippen LogP contribution in [0, 0.1) is 6.92 Å². The minimum absolute atomic E-state index is 0.115. The third kappa shape index (κ3) is 3.76. The zero-order valence-electron chi connectivity index (χ0n) is 12.0. The van der Waals surface area contributed by atoms with Gasteiger partial charge in [-0.15, -0.1) is 0 Å². The Morgan fingerprint density at radius 1 is 1.10 bits per heavy atom. The van der Waals surface area contributed by atoms with Crippen molar-refractivity contribution in [2.45, 2.75) is 13.2 Å². The molecule has 5 heteroatoms. The molecule has 0 bridgehead atoms. The maximum Gasteiger partial charge on any atom is 0.341 e. The number of rotatable bonds is 6. The van der Waals surface area contributed by atoms with Gasteiger partial charge < -0.3 is 14.2 Å². The molecular formula is C15H18O5. The molecule has 0 aliphatic carbocycles. The SMILES string of the molecule is COC(=O)C(=Cc1ccccc1C)C(=O)C(OC)OC. The summed E-state index contributed by atoms with van der Waals surface area (Å²) in [4.78, 5) is 24.0. The Hall–Kier alpha value is -1.98. The van der Waals surface area contributed by atoms with E-state index < -0.39 is 18.0 Å². The van der Waals surface area contributed by atoms with Crippen molar-refractivity contribution in [2.75, 3.05) is 21.3 Å². The van der Waals surface area contributed by atoms with Crippen molar-refractivity contribution in [1.82, 2.24) is 0 Å². The second kappa shape index (κ2) is 7.57. The standard InChI is InChI=1S/C15H18O5/c1-10-7-5-6-8-11(10)9-12(14(17)18-2)13(16)15(19-3)20-4/h5-9,15H,1-4H3. The summed E-state index contributed by atoms with van der Waals surface area (Å²) in [6, 6.07) is 7.39. The highest BCUT2D eigenvalue weighted by molar-refractivity contribution is 6.21. The molecule has 0 saturated heterocycles. The predicted molar refractivity (Wildman–Crippen MR) is 74.0 cm³/mol. The average Bonchev–Trinajstić information content (AvgIpc) is 2.46. The maximum atomic E-state index is 12.2. The molecule has 0 atom stereocenters. The van der Waals surface area contributed by atoms with Gasteiger partial charge in [-0.05, 0) is 24.1 Å². The maximum absolute atomic E-state index is 12.2. The molecule has 0 heterocycles. The van der Waals surface area contributed by atoms with Crippen LogP contribution < -0.4 is 0 Å². The molecule has 0 fully saturated rings. The van der Waals surface area contributed by atoms with Crippen molar-refractivity contribution in [1.29, 1.82) is 0 Å². The van der Waals surface area contributed by atoms with Crippen LogP contribution in [0.25, 0.3) is 6.08 Å². The predicted octanol–water partition coefficient (Wildman–Crippen LogP) is 1.74. The third-order valence-electron chi connectivity index (χ3n) is 2.80. The monoisotopic (exact) mass is 278 g/mol. The lowest BCUT2D eigenvalue weighted by molar-refractivity contribution is -0.155. The zero-order chi connectivity index (χ0) is 15.1. The Morgan fingerprint density at radius 3 is 2.20 bits per heavy atom. The molecule has 0 aliphatic rings. The molecule has 0 N–H and O–H groups in total. The van der Waals surface area contributed by atoms with Crippen LogP contribution >= 0.6 is 0 Å². The molecule has 5 nitrogen and oxygen atoms in total. The quantitative estimate of drug-likeness (QED) is 0.261. The average molecular weight is 278 g/mol. The summed E-state index contributed by atoms with van der Waals surface area (Å²) in [6.45, 7) is 1.88. The summed E-state index contributed by atoms with van der Waals surface area (Å²) >= 11 is 0. The van der Waals surface area contributed by atoms with Crippen LogP contribution in [-0.2, 0) is 23.8 Å². The fourth-order valence-electron chi connectivity index (χ4n) is 1.68. The van der Waals surface area contributed by atoms with Gasteiger partial charge in [-0.3, -0.25) is 4.79 Å². The molecule has 0 unspecified atom stereocenters. The van der Waals surface area contributed by atoms with Crippen LogP contribution in [0.3, 0.4) is 0 Å². The number of carbonyl (C=O) groups is 2. The third-order valence-corrected chi connectivity index (χ3v) is 2.80. The summed E-state index contributed by atoms with van der Waals surface area (Å²) in [5.74, 6) is -1.30. The zero-order valence-corrected chi connectivity index (χ0v) is 12.0. The number of Topliss-reactive ketones (excluding diaryl/α,β-unsaturated/α-hetero) is 1. The number of hydrogen-bond donors (Lipinski definition) is 0. The Labute approximate surface area is 118 Å². The van der Waals surface area contributed by atoms with E-state index in [-0.39, 0.29) is 5.57 Å². The van der Waals surface area contributed by atoms with E-state index in [1.165, 1.54) is 27.4 Å². The number of benzene rings is 1. The van der Waals surface area contributed by atoms with Gasteiger partial charge in [-0.25, -0.2) is 4.79 Å². The number of ketones is 1. The van der Waals surface area contributed by atoms with Crippen molar-refractivity contribution in [2.24, 2.45) is 0 Å². The fraction of sp³-hybridized carbons (Fsp3) is 0.333. The van der Waals surface area contributed by atoms with Crippen molar-refractivity contribution >= 4 is 17.8 Å². The Morgan fingerprint density at radius 2 is 1.70 bits per heavy atom. The molecule has 0 aromatic heterocycles. The summed E-state index contributed by atoms with van der Waals surface area (Å²) in [5, 5.41) is 0. The Bertz CT molecular complexity index is 515. The summed E-state index contributed by atoms with van der Waals surface area (Å²) in [7, 11) is 3.87. The summed E-state index contributed by atoms with van der Waals surface area (Å²) in [5.41, 5.74) is 1.58. The van der Waals surface area contributed by atoms with E-state index in [1.54, 1.807) is 6.07 Å². The van der Waals surface area contributed by atoms with Crippen LogP contribution in [-0.4, -0.2) is 39.4 Å². The van der Waals surface area contributed by atoms with E-state index in [4.69, 9.17) is 9.47 Å².